The van der Waals surface area contributed by atoms with E-state index in [4.69, 9.17) is 0 Å². The third-order valence-electron chi connectivity index (χ3n) is 3.59. The van der Waals surface area contributed by atoms with Crippen LogP contribution in [-0.4, -0.2) is 36.6 Å². The zero-order chi connectivity index (χ0) is 18.3. The minimum Gasteiger partial charge on any atom is -0.346 e. The number of carbonyl (C=O) groups is 1. The van der Waals surface area contributed by atoms with Crippen LogP contribution in [0.4, 0.5) is 13.2 Å². The van der Waals surface area contributed by atoms with Gasteiger partial charge in [0.2, 0.25) is 5.91 Å². The minimum absolute atomic E-state index is 0.0557. The molecular weight excluding hydrogens is 349 g/mol. The van der Waals surface area contributed by atoms with Gasteiger partial charge in [0.1, 0.15) is 6.54 Å². The largest absolute Gasteiger partial charge is 0.405 e. The molecule has 7 heteroatoms. The summed E-state index contributed by atoms with van der Waals surface area (Å²) in [5.41, 5.74) is 1.13. The maximum atomic E-state index is 12.2. The molecule has 1 amide bonds. The highest BCUT2D eigenvalue weighted by molar-refractivity contribution is 7.11. The van der Waals surface area contributed by atoms with Gasteiger partial charge in [0.25, 0.3) is 0 Å². The number of hydrogen-bond donors (Lipinski definition) is 1. The third-order valence-corrected chi connectivity index (χ3v) is 4.57. The number of carbonyl (C=O) groups excluding carboxylic acids is 1. The molecule has 0 radical (unpaired) electrons. The van der Waals surface area contributed by atoms with Crippen molar-refractivity contribution in [3.05, 3.63) is 57.8 Å². The molecule has 0 atom stereocenters. The minimum atomic E-state index is -4.39. The van der Waals surface area contributed by atoms with E-state index < -0.39 is 18.6 Å². The second kappa shape index (κ2) is 9.01. The Hall–Kier alpha value is -1.86. The van der Waals surface area contributed by atoms with Crippen LogP contribution in [0.15, 0.2) is 42.5 Å². The molecule has 0 aliphatic heterocycles. The average Bonchev–Trinajstić information content (AvgIpc) is 2.96. The molecule has 1 heterocycles. The lowest BCUT2D eigenvalue weighted by atomic mass is 10.1. The number of nitrogens with zero attached hydrogens (tertiary/aromatic N) is 1. The van der Waals surface area contributed by atoms with E-state index in [0.29, 0.717) is 13.1 Å². The molecule has 0 spiro atoms. The molecule has 0 aliphatic rings. The first-order valence-corrected chi connectivity index (χ1v) is 8.78. The summed E-state index contributed by atoms with van der Waals surface area (Å²) in [5, 5.41) is 1.94. The molecule has 25 heavy (non-hydrogen) atoms. The molecule has 0 unspecified atom stereocenters. The fourth-order valence-electron chi connectivity index (χ4n) is 2.39. The molecule has 0 fully saturated rings. The summed E-state index contributed by atoms with van der Waals surface area (Å²) in [5.74, 6) is -0.612. The topological polar surface area (TPSA) is 32.3 Å². The van der Waals surface area contributed by atoms with E-state index in [9.17, 15) is 18.0 Å². The van der Waals surface area contributed by atoms with E-state index in [2.05, 4.69) is 0 Å². The standard InChI is InChI=1S/C18H21F3N2OS/c1-14-7-8-16(25-14)11-23(10-9-15-5-3-2-4-6-15)12-17(24)22-13-18(19,20)21/h2-8H,9-13H2,1H3,(H,22,24). The number of benzene rings is 1. The van der Waals surface area contributed by atoms with Crippen LogP contribution in [0.3, 0.4) is 0 Å². The fraction of sp³-hybridized carbons (Fsp3) is 0.389. The van der Waals surface area contributed by atoms with Crippen LogP contribution in [0.2, 0.25) is 0 Å². The first-order valence-electron chi connectivity index (χ1n) is 7.97. The van der Waals surface area contributed by atoms with Gasteiger partial charge in [-0.25, -0.2) is 0 Å². The number of amides is 1. The highest BCUT2D eigenvalue weighted by atomic mass is 32.1. The van der Waals surface area contributed by atoms with E-state index in [1.54, 1.807) is 11.3 Å². The Morgan fingerprint density at radius 2 is 1.88 bits per heavy atom. The van der Waals surface area contributed by atoms with Gasteiger partial charge in [0.05, 0.1) is 6.54 Å². The van der Waals surface area contributed by atoms with Crippen LogP contribution in [-0.2, 0) is 17.8 Å². The number of nitrogens with one attached hydrogen (secondary N) is 1. The normalized spacial score (nSPS) is 11.7. The highest BCUT2D eigenvalue weighted by Crippen LogP contribution is 2.17. The number of aryl methyl sites for hydroxylation is 1. The van der Waals surface area contributed by atoms with Gasteiger partial charge >= 0.3 is 6.18 Å². The maximum absolute atomic E-state index is 12.2. The molecule has 2 aromatic rings. The Morgan fingerprint density at radius 3 is 2.48 bits per heavy atom. The molecule has 1 N–H and O–H groups in total. The van der Waals surface area contributed by atoms with E-state index in [1.807, 2.05) is 59.6 Å². The van der Waals surface area contributed by atoms with Crippen molar-refractivity contribution < 1.29 is 18.0 Å². The summed E-state index contributed by atoms with van der Waals surface area (Å²) < 4.78 is 36.7. The van der Waals surface area contributed by atoms with Gasteiger partial charge in [-0.15, -0.1) is 11.3 Å². The summed E-state index contributed by atoms with van der Waals surface area (Å²) in [4.78, 5) is 16.0. The van der Waals surface area contributed by atoms with Gasteiger partial charge in [0.15, 0.2) is 0 Å². The quantitative estimate of drug-likeness (QED) is 0.767. The molecule has 1 aromatic heterocycles. The van der Waals surface area contributed by atoms with Crippen LogP contribution in [0.5, 0.6) is 0 Å². The van der Waals surface area contributed by atoms with Crippen LogP contribution in [0.25, 0.3) is 0 Å². The zero-order valence-corrected chi connectivity index (χ0v) is 14.8. The van der Waals surface area contributed by atoms with E-state index in [0.717, 1.165) is 16.9 Å². The molecule has 1 aromatic carbocycles. The number of hydrogen-bond acceptors (Lipinski definition) is 3. The first kappa shape index (κ1) is 19.5. The first-order chi connectivity index (χ1) is 11.8. The smallest absolute Gasteiger partial charge is 0.346 e. The summed E-state index contributed by atoms with van der Waals surface area (Å²) in [6.07, 6.45) is -3.66. The van der Waals surface area contributed by atoms with Gasteiger partial charge in [-0.3, -0.25) is 9.69 Å². The number of thiophene rings is 1. The Kier molecular flexibility index (Phi) is 7.01. The van der Waals surface area contributed by atoms with Gasteiger partial charge < -0.3 is 5.32 Å². The molecule has 0 saturated heterocycles. The lowest BCUT2D eigenvalue weighted by Gasteiger charge is -2.21. The number of rotatable bonds is 8. The van der Waals surface area contributed by atoms with Gasteiger partial charge in [-0.2, -0.15) is 13.2 Å². The fourth-order valence-corrected chi connectivity index (χ4v) is 3.33. The lowest BCUT2D eigenvalue weighted by molar-refractivity contribution is -0.139. The Labute approximate surface area is 149 Å². The molecule has 136 valence electrons. The van der Waals surface area contributed by atoms with Crippen molar-refractivity contribution >= 4 is 17.2 Å². The molecular formula is C18H21F3N2OS. The summed E-state index contributed by atoms with van der Waals surface area (Å²) in [7, 11) is 0. The Balaban J connectivity index is 1.94. The third kappa shape index (κ3) is 7.70. The maximum Gasteiger partial charge on any atom is 0.405 e. The SMILES string of the molecule is Cc1ccc(CN(CCc2ccccc2)CC(=O)NCC(F)(F)F)s1. The van der Waals surface area contributed by atoms with Crippen molar-refractivity contribution in [2.75, 3.05) is 19.6 Å². The number of halogens is 3. The molecule has 2 rings (SSSR count). The van der Waals surface area contributed by atoms with Gasteiger partial charge in [0, 0.05) is 22.8 Å². The Morgan fingerprint density at radius 1 is 1.16 bits per heavy atom. The molecule has 0 saturated carbocycles. The second-order valence-corrected chi connectivity index (χ2v) is 7.22. The summed E-state index contributed by atoms with van der Waals surface area (Å²) >= 11 is 1.63. The van der Waals surface area contributed by atoms with Crippen LogP contribution in [0, 0.1) is 6.92 Å². The average molecular weight is 370 g/mol. The monoisotopic (exact) mass is 370 g/mol. The summed E-state index contributed by atoms with van der Waals surface area (Å²) in [6.45, 7) is 1.79. The zero-order valence-electron chi connectivity index (χ0n) is 14.0. The molecule has 3 nitrogen and oxygen atoms in total. The predicted molar refractivity (Wildman–Crippen MR) is 93.5 cm³/mol. The van der Waals surface area contributed by atoms with Crippen molar-refractivity contribution in [3.8, 4) is 0 Å². The Bertz CT molecular complexity index is 670. The van der Waals surface area contributed by atoms with Crippen LogP contribution in [0.1, 0.15) is 15.3 Å². The summed E-state index contributed by atoms with van der Waals surface area (Å²) in [6, 6.07) is 13.8. The van der Waals surface area contributed by atoms with Crippen molar-refractivity contribution in [1.82, 2.24) is 10.2 Å². The highest BCUT2D eigenvalue weighted by Gasteiger charge is 2.28. The van der Waals surface area contributed by atoms with Crippen molar-refractivity contribution in [1.29, 1.82) is 0 Å². The van der Waals surface area contributed by atoms with E-state index >= 15 is 0 Å². The number of alkyl halides is 3. The van der Waals surface area contributed by atoms with Crippen molar-refractivity contribution in [2.24, 2.45) is 0 Å². The second-order valence-electron chi connectivity index (χ2n) is 5.85. The predicted octanol–water partition coefficient (Wildman–Crippen LogP) is 3.78. The van der Waals surface area contributed by atoms with E-state index in [1.165, 1.54) is 4.88 Å². The lowest BCUT2D eigenvalue weighted by Crippen LogP contribution is -2.41. The van der Waals surface area contributed by atoms with E-state index in [-0.39, 0.29) is 6.54 Å². The van der Waals surface area contributed by atoms with Crippen molar-refractivity contribution in [3.63, 3.8) is 0 Å². The molecule has 0 bridgehead atoms. The van der Waals surface area contributed by atoms with Crippen LogP contribution >= 0.6 is 11.3 Å². The van der Waals surface area contributed by atoms with Crippen molar-refractivity contribution in [2.45, 2.75) is 26.1 Å². The van der Waals surface area contributed by atoms with Gasteiger partial charge in [-0.05, 0) is 31.0 Å². The van der Waals surface area contributed by atoms with Gasteiger partial charge in [-0.1, -0.05) is 30.3 Å². The molecule has 0 aliphatic carbocycles. The van der Waals surface area contributed by atoms with Crippen LogP contribution < -0.4 is 5.32 Å².